The van der Waals surface area contributed by atoms with Crippen molar-refractivity contribution in [3.05, 3.63) is 48.0 Å². The molecule has 2 rings (SSSR count). The summed E-state index contributed by atoms with van der Waals surface area (Å²) in [6.45, 7) is 3.65. The lowest BCUT2D eigenvalue weighted by atomic mass is 10.1. The second-order valence-corrected chi connectivity index (χ2v) is 6.82. The molecule has 0 atom stereocenters. The monoisotopic (exact) mass is 435 g/mol. The van der Waals surface area contributed by atoms with Gasteiger partial charge in [0.1, 0.15) is 11.4 Å². The fourth-order valence-corrected chi connectivity index (χ4v) is 2.25. The first-order valence-corrected chi connectivity index (χ1v) is 8.59. The number of guanidine groups is 1. The Morgan fingerprint density at radius 2 is 1.57 bits per heavy atom. The number of nitrogens with zero attached hydrogens (tertiary/aromatic N) is 3. The maximum Gasteiger partial charge on any atom is 0.451 e. The third-order valence-corrected chi connectivity index (χ3v) is 3.75. The van der Waals surface area contributed by atoms with Crippen molar-refractivity contribution in [1.82, 2.24) is 9.97 Å². The lowest BCUT2D eigenvalue weighted by Crippen LogP contribution is -2.30. The van der Waals surface area contributed by atoms with Crippen molar-refractivity contribution in [2.75, 3.05) is 11.9 Å². The summed E-state index contributed by atoms with van der Waals surface area (Å²) >= 11 is 0. The summed E-state index contributed by atoms with van der Waals surface area (Å²) in [5, 5.41) is 2.56. The Bertz CT molecular complexity index is 861. The van der Waals surface area contributed by atoms with E-state index in [2.05, 4.69) is 20.3 Å². The third kappa shape index (κ3) is 7.08. The average molecular weight is 435 g/mol. The van der Waals surface area contributed by atoms with Crippen molar-refractivity contribution < 1.29 is 31.1 Å². The Kier molecular flexibility index (Phi) is 6.78. The summed E-state index contributed by atoms with van der Waals surface area (Å²) in [7, 11) is 0. The molecule has 30 heavy (non-hydrogen) atoms. The van der Waals surface area contributed by atoms with Crippen LogP contribution in [-0.4, -0.2) is 28.1 Å². The maximum atomic E-state index is 12.6. The van der Waals surface area contributed by atoms with Crippen LogP contribution in [0.1, 0.15) is 31.7 Å². The predicted molar refractivity (Wildman–Crippen MR) is 97.9 cm³/mol. The largest absolute Gasteiger partial charge is 0.488 e. The van der Waals surface area contributed by atoms with Gasteiger partial charge in [0.15, 0.2) is 5.96 Å². The molecule has 2 aromatic rings. The molecule has 0 unspecified atom stereocenters. The Balaban J connectivity index is 1.88. The van der Waals surface area contributed by atoms with Gasteiger partial charge in [-0.2, -0.15) is 26.3 Å². The molecule has 0 radical (unpaired) electrons. The zero-order valence-corrected chi connectivity index (χ0v) is 16.0. The van der Waals surface area contributed by atoms with E-state index >= 15 is 0 Å². The highest BCUT2D eigenvalue weighted by Crippen LogP contribution is 2.31. The molecule has 0 aliphatic heterocycles. The minimum atomic E-state index is -4.64. The zero-order valence-electron chi connectivity index (χ0n) is 16.0. The second kappa shape index (κ2) is 8.76. The van der Waals surface area contributed by atoms with Crippen molar-refractivity contribution in [3.8, 4) is 5.75 Å². The highest BCUT2D eigenvalue weighted by atomic mass is 19.4. The van der Waals surface area contributed by atoms with E-state index in [-0.39, 0.29) is 23.9 Å². The standard InChI is InChI=1S/C18H19F6N5O/c1-16(2,30-13-5-3-11(4-6-13)17(19,20)21)7-8-26-15(25)29-12-9-27-14(28-10-12)18(22,23)24/h3-6,9-10H,7-8H2,1-2H3,(H3,25,26,29). The topological polar surface area (TPSA) is 85.4 Å². The van der Waals surface area contributed by atoms with Crippen LogP contribution in [0.3, 0.4) is 0 Å². The fraction of sp³-hybridized carbons (Fsp3) is 0.389. The summed E-state index contributed by atoms with van der Waals surface area (Å²) in [5.41, 5.74) is 4.27. The van der Waals surface area contributed by atoms with Crippen LogP contribution < -0.4 is 15.8 Å². The second-order valence-electron chi connectivity index (χ2n) is 6.82. The third-order valence-electron chi connectivity index (χ3n) is 3.75. The molecule has 3 N–H and O–H groups in total. The number of hydrogen-bond acceptors (Lipinski definition) is 4. The number of nitrogens with two attached hydrogens (primary N) is 1. The van der Waals surface area contributed by atoms with Crippen molar-refractivity contribution in [2.45, 2.75) is 38.2 Å². The van der Waals surface area contributed by atoms with Crippen LogP contribution in [0.5, 0.6) is 5.75 Å². The van der Waals surface area contributed by atoms with E-state index in [0.29, 0.717) is 6.42 Å². The Hall–Kier alpha value is -3.05. The van der Waals surface area contributed by atoms with Gasteiger partial charge in [-0.25, -0.2) is 9.97 Å². The van der Waals surface area contributed by atoms with E-state index in [1.54, 1.807) is 13.8 Å². The van der Waals surface area contributed by atoms with Gasteiger partial charge in [0.25, 0.3) is 0 Å². The number of aliphatic imine (C=N–C) groups is 1. The highest BCUT2D eigenvalue weighted by molar-refractivity contribution is 5.91. The molecule has 0 amide bonds. The first-order chi connectivity index (χ1) is 13.8. The summed E-state index contributed by atoms with van der Waals surface area (Å²) < 4.78 is 80.8. The number of nitrogens with one attached hydrogen (secondary N) is 1. The van der Waals surface area contributed by atoms with E-state index in [0.717, 1.165) is 24.5 Å². The number of hydrogen-bond donors (Lipinski definition) is 2. The number of benzene rings is 1. The van der Waals surface area contributed by atoms with Gasteiger partial charge in [0.05, 0.1) is 23.6 Å². The molecule has 6 nitrogen and oxygen atoms in total. The number of rotatable bonds is 6. The molecule has 0 saturated carbocycles. The first-order valence-electron chi connectivity index (χ1n) is 8.59. The summed E-state index contributed by atoms with van der Waals surface area (Å²) in [6, 6.07) is 4.32. The van der Waals surface area contributed by atoms with Crippen LogP contribution in [0.4, 0.5) is 32.0 Å². The number of aromatic nitrogens is 2. The number of halogens is 6. The van der Waals surface area contributed by atoms with Crippen LogP contribution in [0.15, 0.2) is 41.7 Å². The van der Waals surface area contributed by atoms with Gasteiger partial charge < -0.3 is 15.8 Å². The smallest absolute Gasteiger partial charge is 0.451 e. The molecule has 0 saturated heterocycles. The van der Waals surface area contributed by atoms with Crippen LogP contribution in [-0.2, 0) is 12.4 Å². The quantitative estimate of drug-likeness (QED) is 0.397. The minimum absolute atomic E-state index is 0.0660. The van der Waals surface area contributed by atoms with E-state index in [1.165, 1.54) is 12.1 Å². The van der Waals surface area contributed by atoms with E-state index < -0.39 is 29.3 Å². The van der Waals surface area contributed by atoms with Crippen molar-refractivity contribution in [1.29, 1.82) is 0 Å². The molecule has 0 spiro atoms. The number of alkyl halides is 6. The van der Waals surface area contributed by atoms with Crippen LogP contribution in [0.25, 0.3) is 0 Å². The van der Waals surface area contributed by atoms with Gasteiger partial charge >= 0.3 is 12.4 Å². The fourth-order valence-electron chi connectivity index (χ4n) is 2.25. The molecule has 164 valence electrons. The van der Waals surface area contributed by atoms with Gasteiger partial charge in [-0.05, 0) is 38.1 Å². The van der Waals surface area contributed by atoms with Gasteiger partial charge in [0.2, 0.25) is 5.82 Å². The number of ether oxygens (including phenoxy) is 1. The molecule has 0 aliphatic carbocycles. The van der Waals surface area contributed by atoms with E-state index in [1.807, 2.05) is 0 Å². The minimum Gasteiger partial charge on any atom is -0.488 e. The lowest BCUT2D eigenvalue weighted by Gasteiger charge is -2.26. The molecule has 0 aliphatic rings. The molecule has 1 heterocycles. The SMILES string of the molecule is CC(C)(CCN=C(N)Nc1cnc(C(F)(F)F)nc1)Oc1ccc(C(F)(F)F)cc1. The van der Waals surface area contributed by atoms with Crippen LogP contribution in [0, 0.1) is 0 Å². The Morgan fingerprint density at radius 1 is 1.00 bits per heavy atom. The Morgan fingerprint density at radius 3 is 2.07 bits per heavy atom. The van der Waals surface area contributed by atoms with Gasteiger partial charge in [-0.15, -0.1) is 0 Å². The van der Waals surface area contributed by atoms with Crippen LogP contribution in [0.2, 0.25) is 0 Å². The van der Waals surface area contributed by atoms with Crippen molar-refractivity contribution in [3.63, 3.8) is 0 Å². The molecular formula is C18H19F6N5O. The summed E-state index contributed by atoms with van der Waals surface area (Å²) in [6.07, 6.45) is -6.85. The van der Waals surface area contributed by atoms with E-state index in [4.69, 9.17) is 10.5 Å². The van der Waals surface area contributed by atoms with Crippen molar-refractivity contribution in [2.24, 2.45) is 10.7 Å². The van der Waals surface area contributed by atoms with Gasteiger partial charge in [0, 0.05) is 13.0 Å². The predicted octanol–water partition coefficient (Wildman–Crippen LogP) is 4.49. The maximum absolute atomic E-state index is 12.6. The van der Waals surface area contributed by atoms with Crippen molar-refractivity contribution >= 4 is 11.6 Å². The molecule has 0 bridgehead atoms. The molecule has 1 aromatic heterocycles. The molecular weight excluding hydrogens is 416 g/mol. The highest BCUT2D eigenvalue weighted by Gasteiger charge is 2.34. The van der Waals surface area contributed by atoms with E-state index in [9.17, 15) is 26.3 Å². The summed E-state index contributed by atoms with van der Waals surface area (Å²) in [4.78, 5) is 10.4. The number of anilines is 1. The van der Waals surface area contributed by atoms with Crippen LogP contribution >= 0.6 is 0 Å². The summed E-state index contributed by atoms with van der Waals surface area (Å²) in [5.74, 6) is -1.07. The van der Waals surface area contributed by atoms with Gasteiger partial charge in [-0.3, -0.25) is 4.99 Å². The molecule has 12 heteroatoms. The molecule has 1 aromatic carbocycles. The Labute approximate surface area is 168 Å². The average Bonchev–Trinajstić information content (AvgIpc) is 2.60. The molecule has 0 fully saturated rings. The zero-order chi connectivity index (χ0) is 22.6. The normalized spacial score (nSPS) is 13.3. The first kappa shape index (κ1) is 23.2. The lowest BCUT2D eigenvalue weighted by molar-refractivity contribution is -0.145. The van der Waals surface area contributed by atoms with Gasteiger partial charge in [-0.1, -0.05) is 0 Å².